The van der Waals surface area contributed by atoms with Crippen LogP contribution in [0.25, 0.3) is 0 Å². The third kappa shape index (κ3) is 6.81. The molecule has 2 unspecified atom stereocenters. The number of rotatable bonds is 12. The molecule has 10 atom stereocenters. The second-order valence-electron chi connectivity index (χ2n) is 9.19. The lowest BCUT2D eigenvalue weighted by molar-refractivity contribution is -0.351. The summed E-state index contributed by atoms with van der Waals surface area (Å²) in [6.07, 6.45) is -7.12. The summed E-state index contributed by atoms with van der Waals surface area (Å²) < 4.78 is 10.4. The summed E-state index contributed by atoms with van der Waals surface area (Å²) in [4.78, 5) is 0. The molecule has 0 spiro atoms. The van der Waals surface area contributed by atoms with Crippen molar-refractivity contribution in [2.45, 2.75) is 118 Å². The summed E-state index contributed by atoms with van der Waals surface area (Å²) in [6.45, 7) is -1.21. The summed E-state index contributed by atoms with van der Waals surface area (Å²) in [6, 6.07) is 0. The molecule has 2 heterocycles. The summed E-state index contributed by atoms with van der Waals surface area (Å²) in [5, 5.41) is 98.7. The normalized spacial score (nSPS) is 44.2. The third-order valence-electron chi connectivity index (χ3n) is 6.67. The van der Waals surface area contributed by atoms with Crippen molar-refractivity contribution in [1.29, 1.82) is 0 Å². The Morgan fingerprint density at radius 2 is 0.788 bits per heavy atom. The topological polar surface area (TPSA) is 221 Å². The van der Waals surface area contributed by atoms with Gasteiger partial charge in [-0.05, 0) is 12.8 Å². The molecule has 33 heavy (non-hydrogen) atoms. The fourth-order valence-electron chi connectivity index (χ4n) is 4.49. The standard InChI is InChI=1S/C21H40O12/c22-10-12-14(24)16(26)18(28)20(30,32-12)8-6-4-2-1-3-5-7-9-21(31)19(29)17(27)15(25)13(11-23)33-21/h12-19,22-31H,1-11H2/t12-,13-,14-,15-,16+,17+,18-,19-,20?,21?/m1/s1. The van der Waals surface area contributed by atoms with Crippen molar-refractivity contribution in [2.75, 3.05) is 13.2 Å². The van der Waals surface area contributed by atoms with E-state index in [1.165, 1.54) is 0 Å². The maximum atomic E-state index is 10.5. The van der Waals surface area contributed by atoms with E-state index in [9.17, 15) is 51.1 Å². The van der Waals surface area contributed by atoms with Gasteiger partial charge in [-0.1, -0.05) is 32.1 Å². The van der Waals surface area contributed by atoms with Gasteiger partial charge in [0.25, 0.3) is 0 Å². The molecule has 10 N–H and O–H groups in total. The lowest BCUT2D eigenvalue weighted by Gasteiger charge is -2.45. The maximum Gasteiger partial charge on any atom is 0.195 e. The first-order chi connectivity index (χ1) is 15.5. The summed E-state index contributed by atoms with van der Waals surface area (Å²) in [5.41, 5.74) is 0. The average Bonchev–Trinajstić information content (AvgIpc) is 2.80. The Morgan fingerprint density at radius 1 is 0.485 bits per heavy atom. The first-order valence-electron chi connectivity index (χ1n) is 11.6. The Bertz CT molecular complexity index is 529. The van der Waals surface area contributed by atoms with Crippen LogP contribution in [-0.4, -0.2) is 125 Å². The van der Waals surface area contributed by atoms with Gasteiger partial charge in [-0.25, -0.2) is 0 Å². The van der Waals surface area contributed by atoms with Gasteiger partial charge >= 0.3 is 0 Å². The van der Waals surface area contributed by atoms with E-state index in [-0.39, 0.29) is 12.8 Å². The summed E-state index contributed by atoms with van der Waals surface area (Å²) >= 11 is 0. The Balaban J connectivity index is 1.63. The minimum Gasteiger partial charge on any atom is -0.394 e. The van der Waals surface area contributed by atoms with Crippen molar-refractivity contribution >= 4 is 0 Å². The number of aliphatic hydroxyl groups is 10. The predicted octanol–water partition coefficient (Wildman–Crippen LogP) is -3.18. The highest BCUT2D eigenvalue weighted by molar-refractivity contribution is 4.96. The van der Waals surface area contributed by atoms with Crippen LogP contribution in [0.15, 0.2) is 0 Å². The van der Waals surface area contributed by atoms with Gasteiger partial charge in [0.2, 0.25) is 0 Å². The first-order valence-corrected chi connectivity index (χ1v) is 11.6. The molecule has 2 rings (SSSR count). The van der Waals surface area contributed by atoms with Crippen molar-refractivity contribution in [2.24, 2.45) is 0 Å². The van der Waals surface area contributed by atoms with Gasteiger partial charge in [0.1, 0.15) is 48.8 Å². The van der Waals surface area contributed by atoms with Crippen LogP contribution in [0.1, 0.15) is 57.8 Å². The summed E-state index contributed by atoms with van der Waals surface area (Å²) in [5.74, 6) is -4.10. The Hall–Kier alpha value is -0.480. The van der Waals surface area contributed by atoms with E-state index in [1.807, 2.05) is 0 Å². The molecule has 0 amide bonds. The molecule has 0 aliphatic carbocycles. The molecule has 12 heteroatoms. The van der Waals surface area contributed by atoms with E-state index in [1.54, 1.807) is 0 Å². The van der Waals surface area contributed by atoms with Gasteiger partial charge in [-0.3, -0.25) is 0 Å². The van der Waals surface area contributed by atoms with Crippen molar-refractivity contribution in [3.05, 3.63) is 0 Å². The van der Waals surface area contributed by atoms with Crippen molar-refractivity contribution < 1.29 is 60.5 Å². The van der Waals surface area contributed by atoms with Crippen molar-refractivity contribution in [1.82, 2.24) is 0 Å². The van der Waals surface area contributed by atoms with Gasteiger partial charge in [0.05, 0.1) is 13.2 Å². The molecule has 12 nitrogen and oxygen atoms in total. The van der Waals surface area contributed by atoms with Crippen LogP contribution in [-0.2, 0) is 9.47 Å². The van der Waals surface area contributed by atoms with E-state index < -0.39 is 73.6 Å². The minimum atomic E-state index is -2.05. The highest BCUT2D eigenvalue weighted by Crippen LogP contribution is 2.33. The molecule has 196 valence electrons. The van der Waals surface area contributed by atoms with Crippen molar-refractivity contribution in [3.8, 4) is 0 Å². The van der Waals surface area contributed by atoms with E-state index in [0.717, 1.165) is 19.3 Å². The van der Waals surface area contributed by atoms with Crippen LogP contribution in [0.2, 0.25) is 0 Å². The molecule has 0 aromatic rings. The average molecular weight is 485 g/mol. The molecular formula is C21H40O12. The fraction of sp³-hybridized carbons (Fsp3) is 1.00. The van der Waals surface area contributed by atoms with Crippen LogP contribution < -0.4 is 0 Å². The van der Waals surface area contributed by atoms with Crippen LogP contribution in [0, 0.1) is 0 Å². The van der Waals surface area contributed by atoms with E-state index in [4.69, 9.17) is 9.47 Å². The van der Waals surface area contributed by atoms with E-state index >= 15 is 0 Å². The van der Waals surface area contributed by atoms with E-state index in [0.29, 0.717) is 25.7 Å². The van der Waals surface area contributed by atoms with E-state index in [2.05, 4.69) is 0 Å². The fourth-order valence-corrected chi connectivity index (χ4v) is 4.49. The smallest absolute Gasteiger partial charge is 0.195 e. The molecular weight excluding hydrogens is 444 g/mol. The van der Waals surface area contributed by atoms with Crippen LogP contribution >= 0.6 is 0 Å². The first kappa shape index (κ1) is 28.8. The zero-order valence-electron chi connectivity index (χ0n) is 18.7. The van der Waals surface area contributed by atoms with Crippen LogP contribution in [0.4, 0.5) is 0 Å². The summed E-state index contributed by atoms with van der Waals surface area (Å²) in [7, 11) is 0. The predicted molar refractivity (Wildman–Crippen MR) is 111 cm³/mol. The van der Waals surface area contributed by atoms with Gasteiger partial charge in [0, 0.05) is 12.8 Å². The van der Waals surface area contributed by atoms with Crippen LogP contribution in [0.3, 0.4) is 0 Å². The highest BCUT2D eigenvalue weighted by Gasteiger charge is 2.53. The zero-order valence-corrected chi connectivity index (χ0v) is 18.7. The molecule has 0 radical (unpaired) electrons. The lowest BCUT2D eigenvalue weighted by Crippen LogP contribution is -2.65. The van der Waals surface area contributed by atoms with Crippen LogP contribution in [0.5, 0.6) is 0 Å². The molecule has 2 aliphatic rings. The largest absolute Gasteiger partial charge is 0.394 e. The Kier molecular flexibility index (Phi) is 10.9. The minimum absolute atomic E-state index is 0.0247. The van der Waals surface area contributed by atoms with Gasteiger partial charge in [-0.15, -0.1) is 0 Å². The number of aliphatic hydroxyl groups excluding tert-OH is 8. The molecule has 2 aliphatic heterocycles. The Morgan fingerprint density at radius 3 is 1.09 bits per heavy atom. The maximum absolute atomic E-state index is 10.5. The second-order valence-corrected chi connectivity index (χ2v) is 9.19. The number of hydrogen-bond acceptors (Lipinski definition) is 12. The number of ether oxygens (including phenoxy) is 2. The SMILES string of the molecule is OC[C@H]1OC(O)(CCCCCCCCCC2(O)O[C@H](CO)[C@@H](O)[C@H](O)[C@H]2O)[C@H](O)[C@@H](O)[C@@H]1O. The second kappa shape index (κ2) is 12.5. The lowest BCUT2D eigenvalue weighted by atomic mass is 9.89. The van der Waals surface area contributed by atoms with Gasteiger partial charge in [-0.2, -0.15) is 0 Å². The van der Waals surface area contributed by atoms with Crippen molar-refractivity contribution in [3.63, 3.8) is 0 Å². The zero-order chi connectivity index (χ0) is 24.8. The van der Waals surface area contributed by atoms with Gasteiger partial charge < -0.3 is 60.5 Å². The highest BCUT2D eigenvalue weighted by atomic mass is 16.7. The quantitative estimate of drug-likeness (QED) is 0.124. The molecule has 0 saturated carbocycles. The molecule has 0 aromatic heterocycles. The third-order valence-corrected chi connectivity index (χ3v) is 6.67. The number of unbranched alkanes of at least 4 members (excludes halogenated alkanes) is 6. The monoisotopic (exact) mass is 484 g/mol. The molecule has 0 aromatic carbocycles. The van der Waals surface area contributed by atoms with Gasteiger partial charge in [0.15, 0.2) is 11.6 Å². The molecule has 2 saturated heterocycles. The Labute approximate surface area is 192 Å². The number of hydrogen-bond donors (Lipinski definition) is 10. The molecule has 2 fully saturated rings. The molecule has 0 bridgehead atoms.